The van der Waals surface area contributed by atoms with Crippen LogP contribution in [0.25, 0.3) is 0 Å². The number of hydrogen-bond donors (Lipinski definition) is 3. The van der Waals surface area contributed by atoms with E-state index in [1.54, 1.807) is 6.07 Å². The average molecular weight is 475 g/mol. The molecule has 2 aromatic rings. The second kappa shape index (κ2) is 10.5. The maximum absolute atomic E-state index is 13.0. The highest BCUT2D eigenvalue weighted by atomic mass is 19.4. The van der Waals surface area contributed by atoms with Crippen LogP contribution in [0.2, 0.25) is 0 Å². The molecule has 2 aromatic carbocycles. The fourth-order valence-corrected chi connectivity index (χ4v) is 4.51. The third kappa shape index (κ3) is 6.08. The molecular weight excluding hydrogens is 445 g/mol. The summed E-state index contributed by atoms with van der Waals surface area (Å²) in [6, 6.07) is 11.8. The first kappa shape index (κ1) is 24.1. The summed E-state index contributed by atoms with van der Waals surface area (Å²) in [4.78, 5) is 26.9. The molecule has 3 N–H and O–H groups in total. The van der Waals surface area contributed by atoms with Crippen LogP contribution in [0.5, 0.6) is 0 Å². The zero-order valence-electron chi connectivity index (χ0n) is 18.8. The van der Waals surface area contributed by atoms with Gasteiger partial charge < -0.3 is 20.9 Å². The summed E-state index contributed by atoms with van der Waals surface area (Å²) in [5.41, 5.74) is 0.559. The number of piperidine rings is 1. The maximum atomic E-state index is 13.0. The van der Waals surface area contributed by atoms with Crippen molar-refractivity contribution in [3.8, 4) is 0 Å². The minimum Gasteiger partial charge on any atom is -0.371 e. The number of hydrogen-bond acceptors (Lipinski definition) is 4. The van der Waals surface area contributed by atoms with Gasteiger partial charge >= 0.3 is 6.18 Å². The Morgan fingerprint density at radius 2 is 1.76 bits per heavy atom. The predicted molar refractivity (Wildman–Crippen MR) is 125 cm³/mol. The van der Waals surface area contributed by atoms with E-state index < -0.39 is 17.6 Å². The molecule has 0 aromatic heterocycles. The van der Waals surface area contributed by atoms with Crippen LogP contribution in [0.15, 0.2) is 48.5 Å². The van der Waals surface area contributed by atoms with Gasteiger partial charge in [0.1, 0.15) is 0 Å². The number of nitrogens with one attached hydrogen (secondary N) is 3. The van der Waals surface area contributed by atoms with Gasteiger partial charge in [-0.15, -0.1) is 0 Å². The Morgan fingerprint density at radius 1 is 1.00 bits per heavy atom. The van der Waals surface area contributed by atoms with Crippen molar-refractivity contribution in [3.05, 3.63) is 59.7 Å². The quantitative estimate of drug-likeness (QED) is 0.608. The van der Waals surface area contributed by atoms with Crippen molar-refractivity contribution in [3.63, 3.8) is 0 Å². The highest BCUT2D eigenvalue weighted by Gasteiger charge is 2.31. The molecule has 0 radical (unpaired) electrons. The van der Waals surface area contributed by atoms with Crippen molar-refractivity contribution in [1.82, 2.24) is 10.6 Å². The Kier molecular flexibility index (Phi) is 7.41. The Balaban J connectivity index is 1.34. The van der Waals surface area contributed by atoms with Crippen molar-refractivity contribution in [1.29, 1.82) is 0 Å². The molecule has 6 nitrogen and oxygen atoms in total. The highest BCUT2D eigenvalue weighted by molar-refractivity contribution is 6.04. The van der Waals surface area contributed by atoms with Gasteiger partial charge in [0.25, 0.3) is 5.91 Å². The molecule has 0 bridgehead atoms. The van der Waals surface area contributed by atoms with Crippen LogP contribution in [0.4, 0.5) is 24.5 Å². The van der Waals surface area contributed by atoms with E-state index in [0.717, 1.165) is 69.6 Å². The summed E-state index contributed by atoms with van der Waals surface area (Å²) in [5.74, 6) is -0.503. The van der Waals surface area contributed by atoms with Gasteiger partial charge in [-0.3, -0.25) is 9.59 Å². The Labute approximate surface area is 196 Å². The van der Waals surface area contributed by atoms with Gasteiger partial charge in [-0.2, -0.15) is 13.2 Å². The first-order chi connectivity index (χ1) is 16.3. The number of anilines is 2. The number of carbonyl (C=O) groups is 2. The molecular formula is C25H29F3N4O2. The van der Waals surface area contributed by atoms with Crippen molar-refractivity contribution in [2.45, 2.75) is 50.4 Å². The first-order valence-corrected chi connectivity index (χ1v) is 11.7. The molecule has 2 amide bonds. The largest absolute Gasteiger partial charge is 0.416 e. The molecule has 9 heteroatoms. The fraction of sp³-hybridized carbons (Fsp3) is 0.440. The fourth-order valence-electron chi connectivity index (χ4n) is 4.51. The van der Waals surface area contributed by atoms with E-state index >= 15 is 0 Å². The van der Waals surface area contributed by atoms with Crippen LogP contribution >= 0.6 is 0 Å². The molecule has 182 valence electrons. The number of rotatable bonds is 5. The van der Waals surface area contributed by atoms with Crippen LogP contribution in [0.3, 0.4) is 0 Å². The summed E-state index contributed by atoms with van der Waals surface area (Å²) >= 11 is 0. The number of halogens is 3. The topological polar surface area (TPSA) is 73.5 Å². The smallest absolute Gasteiger partial charge is 0.371 e. The van der Waals surface area contributed by atoms with E-state index in [-0.39, 0.29) is 23.6 Å². The highest BCUT2D eigenvalue weighted by Crippen LogP contribution is 2.30. The van der Waals surface area contributed by atoms with Crippen molar-refractivity contribution in [2.24, 2.45) is 0 Å². The summed E-state index contributed by atoms with van der Waals surface area (Å²) in [6.45, 7) is 2.35. The standard InChI is InChI=1S/C25H29F3N4O2/c26-25(27,28)18-6-3-5-17(15-18)23(33)31-20-7-4-8-21(16-20)32-13-10-19(11-14-32)30-22-9-1-2-12-29-24(22)34/h3-8,15-16,19,22,30H,1-2,9-14H2,(H,29,34)(H,31,33)/t22-/m0/s1. The molecule has 0 unspecified atom stereocenters. The van der Waals surface area contributed by atoms with Gasteiger partial charge in [0.2, 0.25) is 5.91 Å². The predicted octanol–water partition coefficient (Wildman–Crippen LogP) is 4.18. The van der Waals surface area contributed by atoms with Gasteiger partial charge in [-0.25, -0.2) is 0 Å². The molecule has 2 aliphatic rings. The second-order valence-electron chi connectivity index (χ2n) is 8.85. The molecule has 0 spiro atoms. The monoisotopic (exact) mass is 474 g/mol. The number of nitrogens with zero attached hydrogens (tertiary/aromatic N) is 1. The SMILES string of the molecule is O=C(Nc1cccc(N2CCC(N[C@H]3CCCCNC3=O)CC2)c1)c1cccc(C(F)(F)F)c1. The van der Waals surface area contributed by atoms with Crippen LogP contribution in [-0.2, 0) is 11.0 Å². The molecule has 2 saturated heterocycles. The molecule has 2 aliphatic heterocycles. The zero-order valence-corrected chi connectivity index (χ0v) is 18.8. The summed E-state index contributed by atoms with van der Waals surface area (Å²) in [6.07, 6.45) is 0.198. The van der Waals surface area contributed by atoms with E-state index in [0.29, 0.717) is 5.69 Å². The van der Waals surface area contributed by atoms with Crippen LogP contribution in [0.1, 0.15) is 48.0 Å². The van der Waals surface area contributed by atoms with Gasteiger partial charge in [-0.1, -0.05) is 12.1 Å². The average Bonchev–Trinajstić information content (AvgIpc) is 3.03. The van der Waals surface area contributed by atoms with Crippen molar-refractivity contribution in [2.75, 3.05) is 29.9 Å². The first-order valence-electron chi connectivity index (χ1n) is 11.7. The molecule has 0 aliphatic carbocycles. The Bertz CT molecular complexity index is 1020. The molecule has 34 heavy (non-hydrogen) atoms. The minimum atomic E-state index is -4.50. The third-order valence-electron chi connectivity index (χ3n) is 6.39. The molecule has 0 saturated carbocycles. The van der Waals surface area contributed by atoms with Gasteiger partial charge in [0.15, 0.2) is 0 Å². The molecule has 4 rings (SSSR count). The molecule has 2 fully saturated rings. The maximum Gasteiger partial charge on any atom is 0.416 e. The second-order valence-corrected chi connectivity index (χ2v) is 8.85. The van der Waals surface area contributed by atoms with E-state index in [2.05, 4.69) is 20.9 Å². The Morgan fingerprint density at radius 3 is 2.53 bits per heavy atom. The lowest BCUT2D eigenvalue weighted by Gasteiger charge is -2.35. The van der Waals surface area contributed by atoms with Crippen LogP contribution in [0, 0.1) is 0 Å². The molecule has 2 heterocycles. The van der Waals surface area contributed by atoms with E-state index in [4.69, 9.17) is 0 Å². The van der Waals surface area contributed by atoms with Crippen LogP contribution in [-0.4, -0.2) is 43.5 Å². The lowest BCUT2D eigenvalue weighted by molar-refractivity contribution is -0.137. The summed E-state index contributed by atoms with van der Waals surface area (Å²) in [5, 5.41) is 9.18. The van der Waals surface area contributed by atoms with Crippen molar-refractivity contribution >= 4 is 23.2 Å². The summed E-state index contributed by atoms with van der Waals surface area (Å²) in [7, 11) is 0. The lowest BCUT2D eigenvalue weighted by Crippen LogP contribution is -2.51. The van der Waals surface area contributed by atoms with E-state index in [1.165, 1.54) is 12.1 Å². The third-order valence-corrected chi connectivity index (χ3v) is 6.39. The number of alkyl halides is 3. The van der Waals surface area contributed by atoms with Crippen LogP contribution < -0.4 is 20.9 Å². The lowest BCUT2D eigenvalue weighted by atomic mass is 10.0. The Hall–Kier alpha value is -3.07. The zero-order chi connectivity index (χ0) is 24.1. The number of benzene rings is 2. The number of carbonyl (C=O) groups excluding carboxylic acids is 2. The van der Waals surface area contributed by atoms with E-state index in [1.807, 2.05) is 18.2 Å². The number of amides is 2. The van der Waals surface area contributed by atoms with Gasteiger partial charge in [0, 0.05) is 42.6 Å². The van der Waals surface area contributed by atoms with E-state index in [9.17, 15) is 22.8 Å². The normalized spacial score (nSPS) is 19.9. The van der Waals surface area contributed by atoms with Gasteiger partial charge in [0.05, 0.1) is 11.6 Å². The van der Waals surface area contributed by atoms with Gasteiger partial charge in [-0.05, 0) is 68.5 Å². The molecule has 1 atom stereocenters. The van der Waals surface area contributed by atoms with Crippen molar-refractivity contribution < 1.29 is 22.8 Å². The summed E-state index contributed by atoms with van der Waals surface area (Å²) < 4.78 is 38.9. The minimum absolute atomic E-state index is 0.0466.